The van der Waals surface area contributed by atoms with Gasteiger partial charge in [-0.25, -0.2) is 21.8 Å². The summed E-state index contributed by atoms with van der Waals surface area (Å²) in [5, 5.41) is 16.6. The molecule has 1 heterocycles. The summed E-state index contributed by atoms with van der Waals surface area (Å²) >= 11 is 0. The van der Waals surface area contributed by atoms with Crippen molar-refractivity contribution < 1.29 is 26.9 Å². The fourth-order valence-corrected chi connectivity index (χ4v) is 2.97. The highest BCUT2D eigenvalue weighted by Gasteiger charge is 2.23. The normalized spacial score (nSPS) is 11.7. The summed E-state index contributed by atoms with van der Waals surface area (Å²) in [7, 11) is -4.40. The average molecular weight is 327 g/mol. The number of hydrogen-bond acceptors (Lipinski definition) is 6. The Labute approximate surface area is 122 Å². The lowest BCUT2D eigenvalue weighted by Crippen LogP contribution is -2.14. The molecule has 7 nitrogen and oxygen atoms in total. The molecule has 0 aliphatic carbocycles. The van der Waals surface area contributed by atoms with Crippen LogP contribution in [0.3, 0.4) is 0 Å². The predicted molar refractivity (Wildman–Crippen MR) is 70.6 cm³/mol. The zero-order chi connectivity index (χ0) is 15.9. The number of halogens is 2. The Morgan fingerprint density at radius 3 is 2.59 bits per heavy atom. The van der Waals surface area contributed by atoms with Gasteiger partial charge in [-0.1, -0.05) is 0 Å². The van der Waals surface area contributed by atoms with Gasteiger partial charge in [0.2, 0.25) is 0 Å². The van der Waals surface area contributed by atoms with Crippen LogP contribution in [-0.4, -0.2) is 23.8 Å². The van der Waals surface area contributed by atoms with E-state index in [0.717, 1.165) is 0 Å². The van der Waals surface area contributed by atoms with E-state index in [1.54, 1.807) is 0 Å². The summed E-state index contributed by atoms with van der Waals surface area (Å²) in [6, 6.07) is 5.00. The van der Waals surface area contributed by atoms with E-state index in [1.165, 1.54) is 18.2 Å². The standard InChI is InChI=1S/C12H7F2N3O4S/c13-6-3-8(14)12(18)11(4-6)22(19,20)17-7-1-2-9-10(5-7)16-21-15-9/h1-5,17-18H. The van der Waals surface area contributed by atoms with Crippen LogP contribution in [0.4, 0.5) is 14.5 Å². The maximum atomic E-state index is 13.3. The Morgan fingerprint density at radius 1 is 1.09 bits per heavy atom. The number of aromatic hydroxyl groups is 1. The van der Waals surface area contributed by atoms with Crippen LogP contribution in [0.15, 0.2) is 39.9 Å². The van der Waals surface area contributed by atoms with Crippen LogP contribution in [0, 0.1) is 11.6 Å². The zero-order valence-corrected chi connectivity index (χ0v) is 11.4. The number of aromatic nitrogens is 2. The first kappa shape index (κ1) is 14.2. The fraction of sp³-hybridized carbons (Fsp3) is 0. The maximum absolute atomic E-state index is 13.3. The van der Waals surface area contributed by atoms with E-state index >= 15 is 0 Å². The van der Waals surface area contributed by atoms with Crippen LogP contribution in [0.5, 0.6) is 5.75 Å². The lowest BCUT2D eigenvalue weighted by Gasteiger charge is -2.10. The molecule has 0 bridgehead atoms. The number of fused-ring (bicyclic) bond motifs is 1. The molecule has 0 radical (unpaired) electrons. The Morgan fingerprint density at radius 2 is 1.82 bits per heavy atom. The number of nitrogens with zero attached hydrogens (tertiary/aromatic N) is 2. The van der Waals surface area contributed by atoms with Crippen LogP contribution < -0.4 is 4.72 Å². The van der Waals surface area contributed by atoms with E-state index < -0.39 is 32.3 Å². The van der Waals surface area contributed by atoms with E-state index in [9.17, 15) is 22.3 Å². The number of anilines is 1. The molecule has 0 saturated carbocycles. The Balaban J connectivity index is 2.03. The largest absolute Gasteiger partial charge is 0.504 e. The monoisotopic (exact) mass is 327 g/mol. The Bertz CT molecular complexity index is 972. The molecule has 0 amide bonds. The quantitative estimate of drug-likeness (QED) is 0.762. The smallest absolute Gasteiger partial charge is 0.265 e. The Hall–Kier alpha value is -2.75. The van der Waals surface area contributed by atoms with Crippen molar-refractivity contribution in [3.63, 3.8) is 0 Å². The molecule has 22 heavy (non-hydrogen) atoms. The van der Waals surface area contributed by atoms with E-state index in [1.807, 2.05) is 0 Å². The van der Waals surface area contributed by atoms with Gasteiger partial charge in [0.15, 0.2) is 11.6 Å². The third-order valence-electron chi connectivity index (χ3n) is 2.79. The molecule has 3 rings (SSSR count). The van der Waals surface area contributed by atoms with Gasteiger partial charge in [-0.05, 0) is 34.6 Å². The molecule has 2 N–H and O–H groups in total. The van der Waals surface area contributed by atoms with Crippen molar-refractivity contribution in [2.45, 2.75) is 4.90 Å². The summed E-state index contributed by atoms with van der Waals surface area (Å²) in [6.07, 6.45) is 0. The second kappa shape index (κ2) is 4.91. The van der Waals surface area contributed by atoms with Crippen LogP contribution in [0.2, 0.25) is 0 Å². The van der Waals surface area contributed by atoms with Gasteiger partial charge >= 0.3 is 0 Å². The number of hydrogen-bond donors (Lipinski definition) is 2. The molecule has 0 fully saturated rings. The number of sulfonamides is 1. The summed E-state index contributed by atoms with van der Waals surface area (Å²) in [5.41, 5.74) is 0.754. The number of rotatable bonds is 3. The van der Waals surface area contributed by atoms with Gasteiger partial charge in [-0.2, -0.15) is 0 Å². The minimum absolute atomic E-state index is 0.0623. The molecule has 114 valence electrons. The van der Waals surface area contributed by atoms with E-state index in [4.69, 9.17) is 0 Å². The van der Waals surface area contributed by atoms with Crippen LogP contribution >= 0.6 is 0 Å². The molecule has 0 spiro atoms. The van der Waals surface area contributed by atoms with E-state index in [-0.39, 0.29) is 11.2 Å². The third-order valence-corrected chi connectivity index (χ3v) is 4.18. The van der Waals surface area contributed by atoms with E-state index in [0.29, 0.717) is 17.6 Å². The van der Waals surface area contributed by atoms with Crippen molar-refractivity contribution in [3.05, 3.63) is 42.0 Å². The van der Waals surface area contributed by atoms with Crippen molar-refractivity contribution in [1.82, 2.24) is 10.3 Å². The molecule has 0 atom stereocenters. The molecule has 0 unspecified atom stereocenters. The molecular weight excluding hydrogens is 320 g/mol. The minimum atomic E-state index is -4.40. The molecule has 0 aliphatic rings. The van der Waals surface area contributed by atoms with Gasteiger partial charge in [-0.3, -0.25) is 4.72 Å². The first-order valence-electron chi connectivity index (χ1n) is 5.80. The molecule has 10 heteroatoms. The van der Waals surface area contributed by atoms with Crippen LogP contribution in [0.1, 0.15) is 0 Å². The lowest BCUT2D eigenvalue weighted by molar-refractivity contribution is 0.315. The predicted octanol–water partition coefficient (Wildman–Crippen LogP) is 2.01. The number of benzene rings is 2. The lowest BCUT2D eigenvalue weighted by atomic mass is 10.3. The first-order chi connectivity index (χ1) is 10.4. The zero-order valence-electron chi connectivity index (χ0n) is 10.6. The molecule has 2 aromatic carbocycles. The second-order valence-electron chi connectivity index (χ2n) is 4.31. The van der Waals surface area contributed by atoms with Crippen molar-refractivity contribution in [3.8, 4) is 5.75 Å². The molecule has 1 aromatic heterocycles. The van der Waals surface area contributed by atoms with Gasteiger partial charge in [0.25, 0.3) is 10.0 Å². The molecule has 3 aromatic rings. The van der Waals surface area contributed by atoms with E-state index in [2.05, 4.69) is 19.7 Å². The van der Waals surface area contributed by atoms with Crippen molar-refractivity contribution in [2.24, 2.45) is 0 Å². The SMILES string of the molecule is O=S(=O)(Nc1ccc2nonc2c1)c1cc(F)cc(F)c1O. The van der Waals surface area contributed by atoms with Gasteiger partial charge in [-0.15, -0.1) is 0 Å². The maximum Gasteiger partial charge on any atom is 0.265 e. The van der Waals surface area contributed by atoms with Gasteiger partial charge in [0.05, 0.1) is 5.69 Å². The topological polar surface area (TPSA) is 105 Å². The average Bonchev–Trinajstić information content (AvgIpc) is 2.89. The highest BCUT2D eigenvalue weighted by atomic mass is 32.2. The molecule has 0 aliphatic heterocycles. The summed E-state index contributed by atoms with van der Waals surface area (Å²) in [5.74, 6) is -3.68. The second-order valence-corrected chi connectivity index (χ2v) is 5.96. The highest BCUT2D eigenvalue weighted by molar-refractivity contribution is 7.92. The highest BCUT2D eigenvalue weighted by Crippen LogP contribution is 2.29. The van der Waals surface area contributed by atoms with Crippen molar-refractivity contribution >= 4 is 26.7 Å². The number of nitrogens with one attached hydrogen (secondary N) is 1. The Kier molecular flexibility index (Phi) is 3.17. The van der Waals surface area contributed by atoms with Crippen molar-refractivity contribution in [2.75, 3.05) is 4.72 Å². The fourth-order valence-electron chi connectivity index (χ4n) is 1.80. The van der Waals surface area contributed by atoms with Gasteiger partial charge < -0.3 is 5.11 Å². The molecule has 0 saturated heterocycles. The van der Waals surface area contributed by atoms with Crippen LogP contribution in [-0.2, 0) is 10.0 Å². The summed E-state index contributed by atoms with van der Waals surface area (Å²) < 4.78 is 57.3. The minimum Gasteiger partial charge on any atom is -0.504 e. The molecular formula is C12H7F2N3O4S. The number of phenolic OH excluding ortho intramolecular Hbond substituents is 1. The first-order valence-corrected chi connectivity index (χ1v) is 7.28. The third kappa shape index (κ3) is 2.44. The van der Waals surface area contributed by atoms with Gasteiger partial charge in [0.1, 0.15) is 21.7 Å². The van der Waals surface area contributed by atoms with Crippen LogP contribution in [0.25, 0.3) is 11.0 Å². The summed E-state index contributed by atoms with van der Waals surface area (Å²) in [6.45, 7) is 0. The number of phenols is 1. The van der Waals surface area contributed by atoms with Gasteiger partial charge in [0, 0.05) is 6.07 Å². The summed E-state index contributed by atoms with van der Waals surface area (Å²) in [4.78, 5) is -0.914. The van der Waals surface area contributed by atoms with Crippen molar-refractivity contribution in [1.29, 1.82) is 0 Å².